The number of nitrogens with one attached hydrogen (secondary N) is 2. The summed E-state index contributed by atoms with van der Waals surface area (Å²) in [5.41, 5.74) is 1.90. The lowest BCUT2D eigenvalue weighted by molar-refractivity contribution is -0.118. The highest BCUT2D eigenvalue weighted by atomic mass is 35.5. The Labute approximate surface area is 160 Å². The first kappa shape index (κ1) is 19.4. The topological polar surface area (TPSA) is 67.4 Å². The first-order chi connectivity index (χ1) is 11.8. The van der Waals surface area contributed by atoms with Crippen LogP contribution >= 0.6 is 34.8 Å². The molecule has 0 aromatic heterocycles. The Hall–Kier alpha value is -1.95. The second kappa shape index (κ2) is 8.43. The van der Waals surface area contributed by atoms with E-state index in [0.717, 1.165) is 5.56 Å². The number of aryl methyl sites for hydroxylation is 1. The fraction of sp³-hybridized carbons (Fsp3) is 0.176. The summed E-state index contributed by atoms with van der Waals surface area (Å²) in [7, 11) is 0. The van der Waals surface area contributed by atoms with Crippen LogP contribution in [0.1, 0.15) is 12.5 Å². The molecular formula is C17H15Cl3N2O3. The molecule has 5 nitrogen and oxygen atoms in total. The summed E-state index contributed by atoms with van der Waals surface area (Å²) in [5, 5.41) is 6.16. The third kappa shape index (κ3) is 5.53. The number of hydrogen-bond acceptors (Lipinski definition) is 3. The molecule has 0 spiro atoms. The maximum Gasteiger partial charge on any atom is 0.262 e. The zero-order chi connectivity index (χ0) is 18.6. The van der Waals surface area contributed by atoms with Gasteiger partial charge in [-0.25, -0.2) is 0 Å². The van der Waals surface area contributed by atoms with Crippen molar-refractivity contribution in [3.8, 4) is 5.75 Å². The molecule has 2 amide bonds. The molecule has 132 valence electrons. The molecule has 25 heavy (non-hydrogen) atoms. The molecule has 2 aromatic rings. The van der Waals surface area contributed by atoms with Gasteiger partial charge in [-0.05, 0) is 30.7 Å². The van der Waals surface area contributed by atoms with Crippen molar-refractivity contribution in [2.75, 3.05) is 17.2 Å². The van der Waals surface area contributed by atoms with Crippen LogP contribution in [-0.2, 0) is 9.59 Å². The minimum absolute atomic E-state index is 0.238. The number of ether oxygens (including phenoxy) is 1. The third-order valence-corrected chi connectivity index (χ3v) is 4.11. The van der Waals surface area contributed by atoms with Crippen LogP contribution in [0.3, 0.4) is 0 Å². The van der Waals surface area contributed by atoms with E-state index < -0.39 is 5.91 Å². The summed E-state index contributed by atoms with van der Waals surface area (Å²) in [6, 6.07) is 8.16. The Morgan fingerprint density at radius 1 is 0.960 bits per heavy atom. The molecule has 0 fully saturated rings. The van der Waals surface area contributed by atoms with E-state index in [-0.39, 0.29) is 28.3 Å². The lowest BCUT2D eigenvalue weighted by Crippen LogP contribution is -2.21. The molecule has 0 unspecified atom stereocenters. The van der Waals surface area contributed by atoms with Gasteiger partial charge in [-0.15, -0.1) is 0 Å². The molecule has 0 radical (unpaired) electrons. The Morgan fingerprint density at radius 2 is 1.64 bits per heavy atom. The standard InChI is InChI=1S/C17H15Cl3N2O3/c1-9-3-4-14(21-10(2)23)15(5-9)22-17(24)8-25-16-7-12(19)11(18)6-13(16)20/h3-7H,8H2,1-2H3,(H,21,23)(H,22,24). The van der Waals surface area contributed by atoms with E-state index in [1.54, 1.807) is 12.1 Å². The second-order valence-corrected chi connectivity index (χ2v) is 6.49. The van der Waals surface area contributed by atoms with Crippen LogP contribution in [0.2, 0.25) is 15.1 Å². The normalized spacial score (nSPS) is 10.3. The summed E-state index contributed by atoms with van der Waals surface area (Å²) in [6.45, 7) is 2.98. The average molecular weight is 402 g/mol. The Balaban J connectivity index is 2.07. The molecule has 0 heterocycles. The lowest BCUT2D eigenvalue weighted by Gasteiger charge is -2.13. The smallest absolute Gasteiger partial charge is 0.262 e. The van der Waals surface area contributed by atoms with Crippen molar-refractivity contribution in [1.82, 2.24) is 0 Å². The van der Waals surface area contributed by atoms with E-state index in [9.17, 15) is 9.59 Å². The van der Waals surface area contributed by atoms with E-state index in [4.69, 9.17) is 39.5 Å². The number of carbonyl (C=O) groups is 2. The van der Waals surface area contributed by atoms with Crippen LogP contribution in [0, 0.1) is 6.92 Å². The van der Waals surface area contributed by atoms with Gasteiger partial charge in [0.15, 0.2) is 6.61 Å². The molecule has 0 atom stereocenters. The van der Waals surface area contributed by atoms with Crippen molar-refractivity contribution >= 4 is 58.0 Å². The van der Waals surface area contributed by atoms with Gasteiger partial charge in [0.1, 0.15) is 5.75 Å². The van der Waals surface area contributed by atoms with Gasteiger partial charge in [0.2, 0.25) is 5.91 Å². The SMILES string of the molecule is CC(=O)Nc1ccc(C)cc1NC(=O)COc1cc(Cl)c(Cl)cc1Cl. The Morgan fingerprint density at radius 3 is 2.32 bits per heavy atom. The molecule has 0 bridgehead atoms. The highest BCUT2D eigenvalue weighted by molar-refractivity contribution is 6.43. The molecule has 2 aromatic carbocycles. The molecule has 0 aliphatic rings. The number of halogens is 3. The Bertz CT molecular complexity index is 825. The molecule has 2 rings (SSSR count). The van der Waals surface area contributed by atoms with Gasteiger partial charge in [-0.3, -0.25) is 9.59 Å². The van der Waals surface area contributed by atoms with E-state index in [1.165, 1.54) is 19.1 Å². The highest BCUT2D eigenvalue weighted by Crippen LogP contribution is 2.33. The number of rotatable bonds is 5. The van der Waals surface area contributed by atoms with Crippen molar-refractivity contribution in [1.29, 1.82) is 0 Å². The molecule has 8 heteroatoms. The van der Waals surface area contributed by atoms with Crippen molar-refractivity contribution < 1.29 is 14.3 Å². The fourth-order valence-corrected chi connectivity index (χ4v) is 2.60. The summed E-state index contributed by atoms with van der Waals surface area (Å²) < 4.78 is 5.38. The number of anilines is 2. The van der Waals surface area contributed by atoms with Crippen LogP contribution < -0.4 is 15.4 Å². The summed E-state index contributed by atoms with van der Waals surface area (Å²) >= 11 is 17.8. The van der Waals surface area contributed by atoms with Crippen LogP contribution in [0.4, 0.5) is 11.4 Å². The van der Waals surface area contributed by atoms with Crippen molar-refractivity contribution in [3.63, 3.8) is 0 Å². The largest absolute Gasteiger partial charge is 0.482 e. The summed E-state index contributed by atoms with van der Waals surface area (Å²) in [4.78, 5) is 23.4. The molecule has 2 N–H and O–H groups in total. The van der Waals surface area contributed by atoms with E-state index in [1.807, 2.05) is 13.0 Å². The van der Waals surface area contributed by atoms with E-state index in [0.29, 0.717) is 16.4 Å². The molecule has 0 saturated carbocycles. The lowest BCUT2D eigenvalue weighted by atomic mass is 10.2. The van der Waals surface area contributed by atoms with Gasteiger partial charge in [0.25, 0.3) is 5.91 Å². The second-order valence-electron chi connectivity index (χ2n) is 5.26. The van der Waals surface area contributed by atoms with Crippen LogP contribution in [0.5, 0.6) is 5.75 Å². The van der Waals surface area contributed by atoms with Crippen molar-refractivity contribution in [2.24, 2.45) is 0 Å². The maximum absolute atomic E-state index is 12.1. The van der Waals surface area contributed by atoms with E-state index >= 15 is 0 Å². The van der Waals surface area contributed by atoms with Gasteiger partial charge in [-0.2, -0.15) is 0 Å². The van der Waals surface area contributed by atoms with Gasteiger partial charge in [0.05, 0.1) is 26.4 Å². The first-order valence-electron chi connectivity index (χ1n) is 7.21. The molecule has 0 saturated heterocycles. The quantitative estimate of drug-likeness (QED) is 0.698. The number of hydrogen-bond donors (Lipinski definition) is 2. The Kier molecular flexibility index (Phi) is 6.53. The summed E-state index contributed by atoms with van der Waals surface area (Å²) in [5.74, 6) is -0.407. The molecular weight excluding hydrogens is 387 g/mol. The minimum Gasteiger partial charge on any atom is -0.482 e. The van der Waals surface area contributed by atoms with Crippen molar-refractivity contribution in [3.05, 3.63) is 51.0 Å². The number of carbonyl (C=O) groups excluding carboxylic acids is 2. The minimum atomic E-state index is -0.417. The van der Waals surface area contributed by atoms with Gasteiger partial charge in [-0.1, -0.05) is 40.9 Å². The van der Waals surface area contributed by atoms with Crippen LogP contribution in [0.25, 0.3) is 0 Å². The fourth-order valence-electron chi connectivity index (χ4n) is 2.00. The predicted octanol–water partition coefficient (Wildman–Crippen LogP) is 4.93. The number of amides is 2. The van der Waals surface area contributed by atoms with E-state index in [2.05, 4.69) is 10.6 Å². The van der Waals surface area contributed by atoms with Crippen molar-refractivity contribution in [2.45, 2.75) is 13.8 Å². The van der Waals surface area contributed by atoms with Gasteiger partial charge >= 0.3 is 0 Å². The van der Waals surface area contributed by atoms with Gasteiger partial charge < -0.3 is 15.4 Å². The monoisotopic (exact) mass is 400 g/mol. The summed E-state index contributed by atoms with van der Waals surface area (Å²) in [6.07, 6.45) is 0. The maximum atomic E-state index is 12.1. The first-order valence-corrected chi connectivity index (χ1v) is 8.35. The highest BCUT2D eigenvalue weighted by Gasteiger charge is 2.12. The number of benzene rings is 2. The van der Waals surface area contributed by atoms with Gasteiger partial charge in [0, 0.05) is 13.0 Å². The zero-order valence-corrected chi connectivity index (χ0v) is 15.7. The zero-order valence-electron chi connectivity index (χ0n) is 13.5. The van der Waals surface area contributed by atoms with Crippen LogP contribution in [-0.4, -0.2) is 18.4 Å². The molecule has 0 aliphatic heterocycles. The predicted molar refractivity (Wildman–Crippen MR) is 101 cm³/mol. The average Bonchev–Trinajstić information content (AvgIpc) is 2.52. The third-order valence-electron chi connectivity index (χ3n) is 3.09. The molecule has 0 aliphatic carbocycles. The van der Waals surface area contributed by atoms with Crippen LogP contribution in [0.15, 0.2) is 30.3 Å².